The number of nitrogens with one attached hydrogen (secondary N) is 1. The Labute approximate surface area is 184 Å². The first kappa shape index (κ1) is 21.4. The van der Waals surface area contributed by atoms with Crippen LogP contribution in [0.15, 0.2) is 53.7 Å². The molecule has 2 heterocycles. The van der Waals surface area contributed by atoms with E-state index in [9.17, 15) is 17.6 Å². The SMILES string of the molecule is Cc1ncc(-c2ccnc(NC(=O)C3CC3)c2)cc1CS(=O)(=O)c1ccc(Cl)cc1F. The molecule has 3 aromatic rings. The van der Waals surface area contributed by atoms with E-state index in [-0.39, 0.29) is 16.8 Å². The predicted octanol–water partition coefficient (Wildman–Crippen LogP) is 4.57. The summed E-state index contributed by atoms with van der Waals surface area (Å²) in [4.78, 5) is 20.1. The number of carbonyl (C=O) groups excluding carboxylic acids is 1. The van der Waals surface area contributed by atoms with E-state index in [1.54, 1.807) is 37.5 Å². The standard InChI is InChI=1S/C22H19ClFN3O3S/c1-13-17(12-31(29,30)20-5-4-18(23)10-19(20)24)8-16(11-26-13)15-6-7-25-21(9-15)27-22(28)14-2-3-14/h4-11,14H,2-3,12H2,1H3,(H,25,27,28). The maximum absolute atomic E-state index is 14.2. The summed E-state index contributed by atoms with van der Waals surface area (Å²) in [6.45, 7) is 1.70. The number of rotatable bonds is 6. The van der Waals surface area contributed by atoms with Crippen LogP contribution in [0.1, 0.15) is 24.1 Å². The molecule has 0 bridgehead atoms. The average molecular weight is 460 g/mol. The highest BCUT2D eigenvalue weighted by atomic mass is 35.5. The zero-order valence-electron chi connectivity index (χ0n) is 16.6. The van der Waals surface area contributed by atoms with E-state index in [0.29, 0.717) is 22.6 Å². The minimum absolute atomic E-state index is 0.0524. The minimum atomic E-state index is -3.95. The van der Waals surface area contributed by atoms with Gasteiger partial charge in [-0.25, -0.2) is 17.8 Å². The lowest BCUT2D eigenvalue weighted by Gasteiger charge is -2.11. The van der Waals surface area contributed by atoms with Gasteiger partial charge >= 0.3 is 0 Å². The van der Waals surface area contributed by atoms with Crippen molar-refractivity contribution in [3.63, 3.8) is 0 Å². The maximum Gasteiger partial charge on any atom is 0.228 e. The Hall–Kier alpha value is -2.84. The third-order valence-corrected chi connectivity index (χ3v) is 6.99. The second-order valence-electron chi connectivity index (χ2n) is 7.50. The Morgan fingerprint density at radius 3 is 2.65 bits per heavy atom. The summed E-state index contributed by atoms with van der Waals surface area (Å²) in [7, 11) is -3.95. The van der Waals surface area contributed by atoms with E-state index in [1.807, 2.05) is 0 Å². The highest BCUT2D eigenvalue weighted by Gasteiger charge is 2.29. The molecule has 1 saturated carbocycles. The van der Waals surface area contributed by atoms with Gasteiger partial charge in [0.2, 0.25) is 5.91 Å². The molecule has 1 aliphatic carbocycles. The molecule has 1 aliphatic rings. The Morgan fingerprint density at radius 1 is 1.16 bits per heavy atom. The fraction of sp³-hybridized carbons (Fsp3) is 0.227. The van der Waals surface area contributed by atoms with Crippen LogP contribution in [-0.4, -0.2) is 24.3 Å². The van der Waals surface area contributed by atoms with Gasteiger partial charge in [-0.2, -0.15) is 0 Å². The molecule has 1 fully saturated rings. The number of amides is 1. The normalized spacial score (nSPS) is 13.8. The van der Waals surface area contributed by atoms with Gasteiger partial charge < -0.3 is 5.32 Å². The Kier molecular flexibility index (Phi) is 5.77. The second kappa shape index (κ2) is 8.36. The molecule has 0 aliphatic heterocycles. The van der Waals surface area contributed by atoms with E-state index in [0.717, 1.165) is 30.5 Å². The van der Waals surface area contributed by atoms with Gasteiger partial charge in [0.1, 0.15) is 16.5 Å². The zero-order chi connectivity index (χ0) is 22.2. The predicted molar refractivity (Wildman–Crippen MR) is 116 cm³/mol. The van der Waals surface area contributed by atoms with E-state index < -0.39 is 26.3 Å². The third-order valence-electron chi connectivity index (χ3n) is 5.06. The second-order valence-corrected chi connectivity index (χ2v) is 9.89. The van der Waals surface area contributed by atoms with Crippen LogP contribution in [0, 0.1) is 18.7 Å². The van der Waals surface area contributed by atoms with Gasteiger partial charge in [-0.15, -0.1) is 0 Å². The van der Waals surface area contributed by atoms with Crippen LogP contribution in [0.5, 0.6) is 0 Å². The van der Waals surface area contributed by atoms with Gasteiger partial charge in [0.05, 0.1) is 5.75 Å². The van der Waals surface area contributed by atoms with Gasteiger partial charge in [0.25, 0.3) is 0 Å². The van der Waals surface area contributed by atoms with Crippen molar-refractivity contribution in [2.75, 3.05) is 5.32 Å². The summed E-state index contributed by atoms with van der Waals surface area (Å²) in [5.74, 6) is -0.874. The van der Waals surface area contributed by atoms with Crippen molar-refractivity contribution < 1.29 is 17.6 Å². The first-order valence-corrected chi connectivity index (χ1v) is 11.7. The quantitative estimate of drug-likeness (QED) is 0.583. The van der Waals surface area contributed by atoms with Crippen molar-refractivity contribution >= 4 is 33.2 Å². The largest absolute Gasteiger partial charge is 0.310 e. The fourth-order valence-electron chi connectivity index (χ4n) is 3.14. The highest BCUT2D eigenvalue weighted by Crippen LogP contribution is 2.31. The van der Waals surface area contributed by atoms with Crippen molar-refractivity contribution in [1.29, 1.82) is 0 Å². The number of anilines is 1. The molecular formula is C22H19ClFN3O3S. The first-order valence-electron chi connectivity index (χ1n) is 9.63. The van der Waals surface area contributed by atoms with E-state index in [2.05, 4.69) is 15.3 Å². The molecule has 4 rings (SSSR count). The number of halogens is 2. The third kappa shape index (κ3) is 4.91. The molecule has 0 atom stereocenters. The summed E-state index contributed by atoms with van der Waals surface area (Å²) < 4.78 is 39.8. The average Bonchev–Trinajstić information content (AvgIpc) is 3.55. The lowest BCUT2D eigenvalue weighted by Crippen LogP contribution is -2.14. The molecule has 0 saturated heterocycles. The lowest BCUT2D eigenvalue weighted by molar-refractivity contribution is -0.117. The number of nitrogens with zero attached hydrogens (tertiary/aromatic N) is 2. The number of aryl methyl sites for hydroxylation is 1. The van der Waals surface area contributed by atoms with Crippen LogP contribution in [0.3, 0.4) is 0 Å². The van der Waals surface area contributed by atoms with E-state index in [4.69, 9.17) is 11.6 Å². The highest BCUT2D eigenvalue weighted by molar-refractivity contribution is 7.90. The van der Waals surface area contributed by atoms with E-state index in [1.165, 1.54) is 6.07 Å². The van der Waals surface area contributed by atoms with Gasteiger partial charge in [0.15, 0.2) is 9.84 Å². The number of carbonyl (C=O) groups is 1. The monoisotopic (exact) mass is 459 g/mol. The Balaban J connectivity index is 1.62. The molecule has 2 aromatic heterocycles. The molecule has 1 amide bonds. The molecule has 0 unspecified atom stereocenters. The topological polar surface area (TPSA) is 89.0 Å². The molecule has 0 spiro atoms. The van der Waals surface area contributed by atoms with Crippen LogP contribution in [0.2, 0.25) is 5.02 Å². The summed E-state index contributed by atoms with van der Waals surface area (Å²) in [5.41, 5.74) is 2.37. The fourth-order valence-corrected chi connectivity index (χ4v) is 4.79. The minimum Gasteiger partial charge on any atom is -0.310 e. The van der Waals surface area contributed by atoms with Crippen molar-refractivity contribution in [2.45, 2.75) is 30.4 Å². The number of sulfone groups is 1. The van der Waals surface area contributed by atoms with Crippen LogP contribution >= 0.6 is 11.6 Å². The number of aromatic nitrogens is 2. The Bertz CT molecular complexity index is 1280. The maximum atomic E-state index is 14.2. The van der Waals surface area contributed by atoms with Gasteiger partial charge in [0, 0.05) is 34.6 Å². The van der Waals surface area contributed by atoms with Crippen LogP contribution in [-0.2, 0) is 20.4 Å². The molecule has 31 heavy (non-hydrogen) atoms. The van der Waals surface area contributed by atoms with Crippen LogP contribution in [0.4, 0.5) is 10.2 Å². The van der Waals surface area contributed by atoms with Crippen LogP contribution in [0.25, 0.3) is 11.1 Å². The summed E-state index contributed by atoms with van der Waals surface area (Å²) in [6, 6.07) is 8.64. The van der Waals surface area contributed by atoms with E-state index >= 15 is 0 Å². The number of benzene rings is 1. The smallest absolute Gasteiger partial charge is 0.228 e. The molecule has 0 radical (unpaired) electrons. The van der Waals surface area contributed by atoms with Gasteiger partial charge in [-0.3, -0.25) is 9.78 Å². The van der Waals surface area contributed by atoms with Crippen molar-refractivity contribution in [2.24, 2.45) is 5.92 Å². The Morgan fingerprint density at radius 2 is 1.94 bits per heavy atom. The number of hydrogen-bond donors (Lipinski definition) is 1. The summed E-state index contributed by atoms with van der Waals surface area (Å²) in [5, 5.41) is 2.92. The first-order chi connectivity index (χ1) is 14.7. The van der Waals surface area contributed by atoms with Crippen LogP contribution < -0.4 is 5.32 Å². The zero-order valence-corrected chi connectivity index (χ0v) is 18.2. The van der Waals surface area contributed by atoms with Crippen molar-refractivity contribution in [3.8, 4) is 11.1 Å². The molecule has 6 nitrogen and oxygen atoms in total. The van der Waals surface area contributed by atoms with Crippen molar-refractivity contribution in [1.82, 2.24) is 9.97 Å². The van der Waals surface area contributed by atoms with Gasteiger partial charge in [-0.05, 0) is 67.3 Å². The molecule has 1 N–H and O–H groups in total. The lowest BCUT2D eigenvalue weighted by atomic mass is 10.1. The number of pyridine rings is 2. The number of hydrogen-bond acceptors (Lipinski definition) is 5. The molecular weight excluding hydrogens is 441 g/mol. The molecule has 160 valence electrons. The summed E-state index contributed by atoms with van der Waals surface area (Å²) >= 11 is 5.73. The van der Waals surface area contributed by atoms with Crippen molar-refractivity contribution in [3.05, 3.63) is 70.9 Å². The molecule has 1 aromatic carbocycles. The van der Waals surface area contributed by atoms with Gasteiger partial charge in [-0.1, -0.05) is 11.6 Å². The molecule has 9 heteroatoms. The summed E-state index contributed by atoms with van der Waals surface area (Å²) in [6.07, 6.45) is 4.96.